The number of carbonyl (C=O) groups excluding carboxylic acids is 1. The van der Waals surface area contributed by atoms with Crippen molar-refractivity contribution in [1.29, 1.82) is 0 Å². The van der Waals surface area contributed by atoms with Crippen LogP contribution >= 0.6 is 11.8 Å². The van der Waals surface area contributed by atoms with E-state index in [-0.39, 0.29) is 5.91 Å². The Bertz CT molecular complexity index is 700. The van der Waals surface area contributed by atoms with E-state index < -0.39 is 0 Å². The van der Waals surface area contributed by atoms with Crippen LogP contribution in [0.25, 0.3) is 17.0 Å². The summed E-state index contributed by atoms with van der Waals surface area (Å²) in [5, 5.41) is 4.59. The summed E-state index contributed by atoms with van der Waals surface area (Å²) >= 11 is 1.53. The van der Waals surface area contributed by atoms with Crippen LogP contribution in [0.4, 0.5) is 0 Å². The van der Waals surface area contributed by atoms with Crippen LogP contribution in [0.5, 0.6) is 0 Å². The molecule has 4 nitrogen and oxygen atoms in total. The maximum atomic E-state index is 11.8. The molecule has 2 N–H and O–H groups in total. The predicted octanol–water partition coefficient (Wildman–Crippen LogP) is 2.75. The van der Waals surface area contributed by atoms with Gasteiger partial charge in [-0.3, -0.25) is 10.1 Å². The van der Waals surface area contributed by atoms with Crippen LogP contribution in [0.2, 0.25) is 0 Å². The molecule has 96 valence electrons. The number of fused-ring (bicyclic) bond motifs is 1. The minimum atomic E-state index is -0.137. The highest BCUT2D eigenvalue weighted by Gasteiger charge is 2.19. The van der Waals surface area contributed by atoms with Crippen molar-refractivity contribution in [3.63, 3.8) is 0 Å². The Hall–Kier alpha value is -2.01. The molecule has 0 bridgehead atoms. The molecule has 2 heterocycles. The first-order valence-electron chi connectivity index (χ1n) is 6.08. The van der Waals surface area contributed by atoms with Crippen LogP contribution in [-0.4, -0.2) is 21.8 Å². The molecule has 1 aromatic heterocycles. The predicted molar refractivity (Wildman–Crippen MR) is 80.0 cm³/mol. The second kappa shape index (κ2) is 4.93. The third-order valence-corrected chi connectivity index (χ3v) is 3.59. The number of benzene rings is 1. The number of amides is 1. The number of H-pyrrole nitrogens is 1. The lowest BCUT2D eigenvalue weighted by Gasteiger charge is -1.96. The van der Waals surface area contributed by atoms with E-state index in [1.165, 1.54) is 11.8 Å². The van der Waals surface area contributed by atoms with Crippen molar-refractivity contribution in [3.8, 4) is 0 Å². The molecule has 1 amide bonds. The Morgan fingerprint density at radius 1 is 1.37 bits per heavy atom. The molecule has 2 aromatic rings. The van der Waals surface area contributed by atoms with Gasteiger partial charge in [0.2, 0.25) is 0 Å². The van der Waals surface area contributed by atoms with E-state index in [0.29, 0.717) is 10.9 Å². The maximum absolute atomic E-state index is 11.8. The Balaban J connectivity index is 1.94. The Labute approximate surface area is 115 Å². The van der Waals surface area contributed by atoms with Gasteiger partial charge >= 0.3 is 0 Å². The van der Waals surface area contributed by atoms with Crippen LogP contribution in [0, 0.1) is 0 Å². The molecule has 0 spiro atoms. The van der Waals surface area contributed by atoms with Gasteiger partial charge in [-0.05, 0) is 34.9 Å². The van der Waals surface area contributed by atoms with E-state index in [0.717, 1.165) is 22.2 Å². The molecule has 0 atom stereocenters. The van der Waals surface area contributed by atoms with E-state index in [9.17, 15) is 4.79 Å². The summed E-state index contributed by atoms with van der Waals surface area (Å²) in [6.45, 7) is 2.03. The van der Waals surface area contributed by atoms with Gasteiger partial charge in [-0.2, -0.15) is 0 Å². The zero-order valence-electron chi connectivity index (χ0n) is 10.4. The molecule has 0 radical (unpaired) electrons. The lowest BCUT2D eigenvalue weighted by molar-refractivity contribution is -0.115. The molecule has 3 rings (SSSR count). The fourth-order valence-electron chi connectivity index (χ4n) is 1.97. The molecular weight excluding hydrogens is 258 g/mol. The number of aliphatic imine (C=N–C) groups is 1. The maximum Gasteiger partial charge on any atom is 0.275 e. The van der Waals surface area contributed by atoms with Gasteiger partial charge in [-0.25, -0.2) is 4.99 Å². The first kappa shape index (κ1) is 12.0. The zero-order valence-corrected chi connectivity index (χ0v) is 11.3. The van der Waals surface area contributed by atoms with Crippen molar-refractivity contribution in [3.05, 3.63) is 41.7 Å². The molecule has 0 saturated carbocycles. The summed E-state index contributed by atoms with van der Waals surface area (Å²) in [4.78, 5) is 19.2. The number of nitrogens with one attached hydrogen (secondary N) is 2. The Kier molecular flexibility index (Phi) is 3.13. The summed E-state index contributed by atoms with van der Waals surface area (Å²) in [6.07, 6.45) is 3.71. The standard InChI is InChI=1S/C14H13N3OS/c1-2-19-14-16-12(13(18)17-14)8-9-3-4-10-5-6-15-11(10)7-9/h3-8,15H,2H2,1H3,(H,16,17,18)/b12-8-. The highest BCUT2D eigenvalue weighted by Crippen LogP contribution is 2.19. The van der Waals surface area contributed by atoms with Crippen LogP contribution in [-0.2, 0) is 4.79 Å². The minimum Gasteiger partial charge on any atom is -0.361 e. The number of aromatic amines is 1. The van der Waals surface area contributed by atoms with Crippen molar-refractivity contribution in [2.24, 2.45) is 4.99 Å². The van der Waals surface area contributed by atoms with Gasteiger partial charge in [0.05, 0.1) is 0 Å². The molecule has 0 unspecified atom stereocenters. The number of amidine groups is 1. The summed E-state index contributed by atoms with van der Waals surface area (Å²) in [6, 6.07) is 8.03. The number of aromatic nitrogens is 1. The van der Waals surface area contributed by atoms with E-state index in [1.54, 1.807) is 6.08 Å². The third kappa shape index (κ3) is 2.42. The highest BCUT2D eigenvalue weighted by atomic mass is 32.2. The average Bonchev–Trinajstić information content (AvgIpc) is 2.97. The van der Waals surface area contributed by atoms with Crippen molar-refractivity contribution in [2.75, 3.05) is 5.75 Å². The topological polar surface area (TPSA) is 57.2 Å². The summed E-state index contributed by atoms with van der Waals surface area (Å²) < 4.78 is 0. The van der Waals surface area contributed by atoms with Crippen LogP contribution < -0.4 is 5.32 Å². The third-order valence-electron chi connectivity index (χ3n) is 2.84. The number of hydrogen-bond donors (Lipinski definition) is 2. The largest absolute Gasteiger partial charge is 0.361 e. The molecule has 0 aliphatic carbocycles. The quantitative estimate of drug-likeness (QED) is 0.825. The summed E-state index contributed by atoms with van der Waals surface area (Å²) in [5.74, 6) is 0.753. The van der Waals surface area contributed by atoms with E-state index >= 15 is 0 Å². The van der Waals surface area contributed by atoms with Gasteiger partial charge < -0.3 is 4.98 Å². The molecule has 1 aliphatic rings. The summed E-state index contributed by atoms with van der Waals surface area (Å²) in [5.41, 5.74) is 2.48. The second-order valence-corrected chi connectivity index (χ2v) is 5.41. The smallest absolute Gasteiger partial charge is 0.275 e. The normalized spacial score (nSPS) is 17.0. The van der Waals surface area contributed by atoms with Crippen molar-refractivity contribution < 1.29 is 4.79 Å². The van der Waals surface area contributed by atoms with E-state index in [2.05, 4.69) is 15.3 Å². The molecule has 5 heteroatoms. The molecule has 19 heavy (non-hydrogen) atoms. The molecule has 0 fully saturated rings. The van der Waals surface area contributed by atoms with Crippen molar-refractivity contribution in [2.45, 2.75) is 6.92 Å². The van der Waals surface area contributed by atoms with Crippen LogP contribution in [0.1, 0.15) is 12.5 Å². The molecule has 0 saturated heterocycles. The molecular formula is C14H13N3OS. The average molecular weight is 271 g/mol. The Morgan fingerprint density at radius 3 is 3.11 bits per heavy atom. The second-order valence-electron chi connectivity index (χ2n) is 4.16. The van der Waals surface area contributed by atoms with E-state index in [1.807, 2.05) is 37.4 Å². The van der Waals surface area contributed by atoms with Gasteiger partial charge in [0.15, 0.2) is 5.17 Å². The van der Waals surface area contributed by atoms with Crippen LogP contribution in [0.3, 0.4) is 0 Å². The first-order valence-corrected chi connectivity index (χ1v) is 7.06. The lowest BCUT2D eigenvalue weighted by atomic mass is 10.1. The first-order chi connectivity index (χ1) is 9.26. The number of nitrogens with zero attached hydrogens (tertiary/aromatic N) is 1. The van der Waals surface area contributed by atoms with Crippen molar-refractivity contribution >= 4 is 39.8 Å². The van der Waals surface area contributed by atoms with E-state index in [4.69, 9.17) is 0 Å². The van der Waals surface area contributed by atoms with Gasteiger partial charge in [-0.15, -0.1) is 0 Å². The minimum absolute atomic E-state index is 0.137. The zero-order chi connectivity index (χ0) is 13.2. The molecule has 1 aromatic carbocycles. The fraction of sp³-hybridized carbons (Fsp3) is 0.143. The number of carbonyl (C=O) groups is 1. The summed E-state index contributed by atoms with van der Waals surface area (Å²) in [7, 11) is 0. The number of rotatable bonds is 2. The fourth-order valence-corrected chi connectivity index (χ4v) is 2.57. The number of hydrogen-bond acceptors (Lipinski definition) is 3. The van der Waals surface area contributed by atoms with Gasteiger partial charge in [0.1, 0.15) is 5.70 Å². The lowest BCUT2D eigenvalue weighted by Crippen LogP contribution is -2.21. The van der Waals surface area contributed by atoms with Gasteiger partial charge in [0.25, 0.3) is 5.91 Å². The van der Waals surface area contributed by atoms with Crippen molar-refractivity contribution in [1.82, 2.24) is 10.3 Å². The highest BCUT2D eigenvalue weighted by molar-refractivity contribution is 8.13. The SMILES string of the molecule is CCSC1=N/C(=C\c2ccc3cc[nH]c3c2)C(=O)N1. The molecule has 1 aliphatic heterocycles. The Morgan fingerprint density at radius 2 is 2.26 bits per heavy atom. The van der Waals surface area contributed by atoms with Gasteiger partial charge in [-0.1, -0.05) is 30.8 Å². The van der Waals surface area contributed by atoms with Gasteiger partial charge in [0, 0.05) is 11.7 Å². The number of thioether (sulfide) groups is 1. The van der Waals surface area contributed by atoms with Crippen LogP contribution in [0.15, 0.2) is 41.2 Å². The monoisotopic (exact) mass is 271 g/mol.